The van der Waals surface area contributed by atoms with Gasteiger partial charge in [-0.2, -0.15) is 0 Å². The first-order chi connectivity index (χ1) is 21.8. The van der Waals surface area contributed by atoms with E-state index in [0.717, 1.165) is 17.7 Å². The van der Waals surface area contributed by atoms with Crippen LogP contribution >= 0.6 is 0 Å². The second-order valence-electron chi connectivity index (χ2n) is 11.6. The van der Waals surface area contributed by atoms with Crippen molar-refractivity contribution in [3.8, 4) is 5.69 Å². The molecule has 1 aliphatic heterocycles. The van der Waals surface area contributed by atoms with Crippen LogP contribution in [0.15, 0.2) is 163 Å². The van der Waals surface area contributed by atoms with E-state index < -0.39 is 0 Å². The lowest BCUT2D eigenvalue weighted by Crippen LogP contribution is -2.13. The van der Waals surface area contributed by atoms with Gasteiger partial charge in [0.05, 0.1) is 33.8 Å². The Morgan fingerprint density at radius 1 is 0.477 bits per heavy atom. The zero-order chi connectivity index (χ0) is 29.0. The van der Waals surface area contributed by atoms with Gasteiger partial charge < -0.3 is 9.13 Å². The summed E-state index contributed by atoms with van der Waals surface area (Å²) in [4.78, 5) is 5.30. The SMILES string of the molecule is C1=C(n2c3ccccc3c3cc4c5ccccc5n(-c5ccccc5)c4cc32)CC(c2ccccc2)N=C1c1ccccc1. The number of rotatable bonds is 4. The average Bonchev–Trinajstić information content (AvgIpc) is 3.60. The highest BCUT2D eigenvalue weighted by Gasteiger charge is 2.24. The smallest absolute Gasteiger partial charge is 0.0811 e. The van der Waals surface area contributed by atoms with Crippen molar-refractivity contribution in [3.05, 3.63) is 169 Å². The molecule has 1 aliphatic rings. The Hall–Kier alpha value is -5.67. The monoisotopic (exact) mass is 563 g/mol. The predicted molar refractivity (Wildman–Crippen MR) is 185 cm³/mol. The molecule has 0 N–H and O–H groups in total. The van der Waals surface area contributed by atoms with Crippen molar-refractivity contribution in [1.29, 1.82) is 0 Å². The van der Waals surface area contributed by atoms with E-state index in [0.29, 0.717) is 0 Å². The highest BCUT2D eigenvalue weighted by Crippen LogP contribution is 2.42. The molecule has 0 spiro atoms. The molecule has 0 saturated carbocycles. The van der Waals surface area contributed by atoms with E-state index in [1.54, 1.807) is 0 Å². The van der Waals surface area contributed by atoms with Crippen LogP contribution in [0, 0.1) is 0 Å². The van der Waals surface area contributed by atoms with E-state index in [9.17, 15) is 0 Å². The van der Waals surface area contributed by atoms with Crippen LogP contribution in [0.2, 0.25) is 0 Å². The van der Waals surface area contributed by atoms with Crippen molar-refractivity contribution >= 4 is 55.0 Å². The van der Waals surface area contributed by atoms with Crippen LogP contribution in [-0.2, 0) is 0 Å². The van der Waals surface area contributed by atoms with Crippen molar-refractivity contribution in [2.24, 2.45) is 4.99 Å². The summed E-state index contributed by atoms with van der Waals surface area (Å²) < 4.78 is 4.90. The fourth-order valence-electron chi connectivity index (χ4n) is 7.05. The summed E-state index contributed by atoms with van der Waals surface area (Å²) in [7, 11) is 0. The van der Waals surface area contributed by atoms with E-state index in [1.807, 2.05) is 0 Å². The molecule has 1 atom stereocenters. The minimum Gasteiger partial charge on any atom is -0.313 e. The molecule has 3 nitrogen and oxygen atoms in total. The molecule has 3 heteroatoms. The van der Waals surface area contributed by atoms with Crippen molar-refractivity contribution in [3.63, 3.8) is 0 Å². The maximum Gasteiger partial charge on any atom is 0.0811 e. The molecule has 6 aromatic carbocycles. The van der Waals surface area contributed by atoms with Crippen LogP contribution in [0.1, 0.15) is 23.6 Å². The zero-order valence-electron chi connectivity index (χ0n) is 24.1. The molecule has 0 amide bonds. The van der Waals surface area contributed by atoms with E-state index in [2.05, 4.69) is 167 Å². The van der Waals surface area contributed by atoms with Crippen LogP contribution < -0.4 is 0 Å². The van der Waals surface area contributed by atoms with E-state index in [1.165, 1.54) is 60.6 Å². The molecule has 0 aliphatic carbocycles. The van der Waals surface area contributed by atoms with Gasteiger partial charge in [0.15, 0.2) is 0 Å². The number of fused-ring (bicyclic) bond motifs is 6. The summed E-state index contributed by atoms with van der Waals surface area (Å²) in [5.41, 5.74) is 10.7. The molecule has 0 fully saturated rings. The number of benzene rings is 6. The minimum atomic E-state index is 0.0297. The summed E-state index contributed by atoms with van der Waals surface area (Å²) >= 11 is 0. The largest absolute Gasteiger partial charge is 0.313 e. The van der Waals surface area contributed by atoms with Crippen LogP contribution in [-0.4, -0.2) is 14.8 Å². The van der Waals surface area contributed by atoms with Gasteiger partial charge in [-0.3, -0.25) is 4.99 Å². The topological polar surface area (TPSA) is 22.2 Å². The van der Waals surface area contributed by atoms with Crippen LogP contribution in [0.25, 0.3) is 55.0 Å². The number of hydrogen-bond acceptors (Lipinski definition) is 1. The Kier molecular flexibility index (Phi) is 5.63. The molecule has 208 valence electrons. The van der Waals surface area contributed by atoms with Crippen molar-refractivity contribution in [2.45, 2.75) is 12.5 Å². The van der Waals surface area contributed by atoms with Gasteiger partial charge in [0, 0.05) is 39.4 Å². The molecular weight excluding hydrogens is 534 g/mol. The first-order valence-corrected chi connectivity index (χ1v) is 15.2. The average molecular weight is 564 g/mol. The minimum absolute atomic E-state index is 0.0297. The Labute approximate surface area is 255 Å². The van der Waals surface area contributed by atoms with Gasteiger partial charge in [-0.25, -0.2) is 0 Å². The maximum atomic E-state index is 5.30. The van der Waals surface area contributed by atoms with Crippen LogP contribution in [0.4, 0.5) is 0 Å². The van der Waals surface area contributed by atoms with Crippen LogP contribution in [0.3, 0.4) is 0 Å². The van der Waals surface area contributed by atoms with Crippen molar-refractivity contribution in [1.82, 2.24) is 9.13 Å². The fourth-order valence-corrected chi connectivity index (χ4v) is 7.05. The molecule has 0 bridgehead atoms. The van der Waals surface area contributed by atoms with Gasteiger partial charge in [-0.15, -0.1) is 0 Å². The first kappa shape index (κ1) is 24.9. The summed E-state index contributed by atoms with van der Waals surface area (Å²) in [6.45, 7) is 0. The molecular formula is C41H29N3. The Morgan fingerprint density at radius 3 is 1.70 bits per heavy atom. The Balaban J connectivity index is 1.35. The second-order valence-corrected chi connectivity index (χ2v) is 11.6. The Bertz CT molecular complexity index is 2390. The normalized spacial score (nSPS) is 15.2. The van der Waals surface area contributed by atoms with Crippen LogP contribution in [0.5, 0.6) is 0 Å². The maximum absolute atomic E-state index is 5.30. The summed E-state index contributed by atoms with van der Waals surface area (Å²) in [5.74, 6) is 0. The van der Waals surface area contributed by atoms with Gasteiger partial charge >= 0.3 is 0 Å². The summed E-state index contributed by atoms with van der Waals surface area (Å²) in [6, 6.07) is 54.4. The van der Waals surface area contributed by atoms with Crippen molar-refractivity contribution in [2.75, 3.05) is 0 Å². The third-order valence-corrected chi connectivity index (χ3v) is 9.02. The number of dihydropyridines is 1. The first-order valence-electron chi connectivity index (χ1n) is 15.2. The summed E-state index contributed by atoms with van der Waals surface area (Å²) in [6.07, 6.45) is 3.12. The lowest BCUT2D eigenvalue weighted by Gasteiger charge is -2.24. The summed E-state index contributed by atoms with van der Waals surface area (Å²) in [5, 5.41) is 5.07. The number of para-hydroxylation sites is 3. The number of nitrogens with zero attached hydrogens (tertiary/aromatic N) is 3. The fraction of sp³-hybridized carbons (Fsp3) is 0.0488. The molecule has 44 heavy (non-hydrogen) atoms. The number of allylic oxidation sites excluding steroid dienone is 1. The van der Waals surface area contributed by atoms with Crippen molar-refractivity contribution < 1.29 is 0 Å². The molecule has 8 aromatic rings. The quantitative estimate of drug-likeness (QED) is 0.203. The molecule has 3 heterocycles. The number of aromatic nitrogens is 2. The van der Waals surface area contributed by atoms with Gasteiger partial charge in [0.2, 0.25) is 0 Å². The lowest BCUT2D eigenvalue weighted by molar-refractivity contribution is 0.730. The molecule has 0 saturated heterocycles. The van der Waals surface area contributed by atoms with Gasteiger partial charge in [0.1, 0.15) is 0 Å². The molecule has 2 aromatic heterocycles. The Morgan fingerprint density at radius 2 is 1.02 bits per heavy atom. The van der Waals surface area contributed by atoms with Gasteiger partial charge in [-0.05, 0) is 53.6 Å². The van der Waals surface area contributed by atoms with Gasteiger partial charge in [-0.1, -0.05) is 115 Å². The third kappa shape index (κ3) is 3.86. The highest BCUT2D eigenvalue weighted by molar-refractivity contribution is 6.20. The van der Waals surface area contributed by atoms with Gasteiger partial charge in [0.25, 0.3) is 0 Å². The molecule has 0 radical (unpaired) electrons. The highest BCUT2D eigenvalue weighted by atomic mass is 15.0. The number of hydrogen-bond donors (Lipinski definition) is 0. The molecule has 1 unspecified atom stereocenters. The van der Waals surface area contributed by atoms with E-state index in [4.69, 9.17) is 4.99 Å². The van der Waals surface area contributed by atoms with E-state index in [-0.39, 0.29) is 6.04 Å². The zero-order valence-corrected chi connectivity index (χ0v) is 24.1. The predicted octanol–water partition coefficient (Wildman–Crippen LogP) is 10.4. The number of aliphatic imine (C=N–C) groups is 1. The van der Waals surface area contributed by atoms with E-state index >= 15 is 0 Å². The lowest BCUT2D eigenvalue weighted by atomic mass is 9.96. The second kappa shape index (κ2) is 9.96. The standard InChI is InChI=1S/C41H29N3/c1-4-14-28(15-5-1)36-24-31(25-37(42-36)29-16-6-2-7-17-29)44-39-23-13-11-21-33(39)35-26-34-32-20-10-12-22-38(32)43(40(34)27-41(35)44)30-18-8-3-9-19-30/h1-24,26-27,37H,25H2. The third-order valence-electron chi connectivity index (χ3n) is 9.02. The molecule has 9 rings (SSSR count).